The molecule has 1 aliphatic rings. The molecule has 1 unspecified atom stereocenters. The summed E-state index contributed by atoms with van der Waals surface area (Å²) in [5.41, 5.74) is 2.00. The summed E-state index contributed by atoms with van der Waals surface area (Å²) in [5, 5.41) is 8.32. The molecule has 0 fully saturated rings. The number of unbranched alkanes of at least 4 members (excludes halogenated alkanes) is 5. The van der Waals surface area contributed by atoms with Crippen LogP contribution < -0.4 is 10.5 Å². The van der Waals surface area contributed by atoms with Gasteiger partial charge >= 0.3 is 0 Å². The van der Waals surface area contributed by atoms with Crippen LogP contribution in [0.15, 0.2) is 23.1 Å². The van der Waals surface area contributed by atoms with E-state index in [1.54, 1.807) is 12.1 Å². The Morgan fingerprint density at radius 3 is 2.64 bits per heavy atom. The molecule has 0 saturated heterocycles. The molecule has 0 spiro atoms. The van der Waals surface area contributed by atoms with Crippen molar-refractivity contribution in [3.63, 3.8) is 0 Å². The van der Waals surface area contributed by atoms with Crippen molar-refractivity contribution in [1.82, 2.24) is 5.32 Å². The highest BCUT2D eigenvalue weighted by Crippen LogP contribution is 2.31. The highest BCUT2D eigenvalue weighted by molar-refractivity contribution is 7.89. The van der Waals surface area contributed by atoms with Crippen LogP contribution in [0.4, 0.5) is 0 Å². The fourth-order valence-corrected chi connectivity index (χ4v) is 4.01. The first-order valence-electron chi connectivity index (χ1n) is 9.37. The number of carbonyl (C=O) groups excluding carboxylic acids is 1. The number of benzene rings is 1. The quantitative estimate of drug-likeness (QED) is 0.655. The van der Waals surface area contributed by atoms with E-state index < -0.39 is 10.0 Å². The third-order valence-corrected chi connectivity index (χ3v) is 5.76. The number of aryl methyl sites for hydroxylation is 1. The summed E-state index contributed by atoms with van der Waals surface area (Å²) in [5.74, 6) is 0.0869. The molecule has 0 radical (unpaired) electrons. The van der Waals surface area contributed by atoms with Crippen molar-refractivity contribution in [2.75, 3.05) is 0 Å². The molecule has 2 rings (SSSR count). The van der Waals surface area contributed by atoms with E-state index in [1.807, 2.05) is 0 Å². The van der Waals surface area contributed by atoms with Crippen molar-refractivity contribution >= 4 is 15.9 Å². The molecule has 0 aromatic heterocycles. The molecular weight excluding hydrogens is 336 g/mol. The highest BCUT2D eigenvalue weighted by Gasteiger charge is 2.23. The monoisotopic (exact) mass is 366 g/mol. The minimum Gasteiger partial charge on any atom is -0.349 e. The van der Waals surface area contributed by atoms with Crippen molar-refractivity contribution in [3.05, 3.63) is 29.3 Å². The summed E-state index contributed by atoms with van der Waals surface area (Å²) in [6, 6.07) is 4.96. The molecule has 140 valence electrons. The lowest BCUT2D eigenvalue weighted by Gasteiger charge is -2.27. The van der Waals surface area contributed by atoms with Gasteiger partial charge in [0.15, 0.2) is 0 Å². The van der Waals surface area contributed by atoms with Gasteiger partial charge in [0.2, 0.25) is 15.9 Å². The summed E-state index contributed by atoms with van der Waals surface area (Å²) < 4.78 is 23.0. The molecule has 0 saturated carbocycles. The van der Waals surface area contributed by atoms with Gasteiger partial charge in [-0.05, 0) is 48.9 Å². The Balaban J connectivity index is 1.89. The lowest BCUT2D eigenvalue weighted by atomic mass is 9.87. The van der Waals surface area contributed by atoms with E-state index in [2.05, 4.69) is 12.2 Å². The van der Waals surface area contributed by atoms with Gasteiger partial charge in [-0.3, -0.25) is 4.79 Å². The van der Waals surface area contributed by atoms with Gasteiger partial charge in [0.05, 0.1) is 10.9 Å². The number of fused-ring (bicyclic) bond motifs is 1. The molecular formula is C19H30N2O3S. The van der Waals surface area contributed by atoms with E-state index in [4.69, 9.17) is 5.14 Å². The zero-order chi connectivity index (χ0) is 18.3. The predicted molar refractivity (Wildman–Crippen MR) is 99.6 cm³/mol. The number of rotatable bonds is 9. The number of carbonyl (C=O) groups is 1. The van der Waals surface area contributed by atoms with E-state index >= 15 is 0 Å². The van der Waals surface area contributed by atoms with Crippen LogP contribution in [0.25, 0.3) is 0 Å². The Hall–Kier alpha value is -1.40. The van der Waals surface area contributed by atoms with Crippen LogP contribution in [0.1, 0.15) is 81.9 Å². The van der Waals surface area contributed by atoms with Crippen LogP contribution in [0.5, 0.6) is 0 Å². The zero-order valence-electron chi connectivity index (χ0n) is 15.1. The molecule has 5 nitrogen and oxygen atoms in total. The van der Waals surface area contributed by atoms with Crippen LogP contribution in [0.3, 0.4) is 0 Å². The van der Waals surface area contributed by atoms with Crippen LogP contribution in [-0.4, -0.2) is 14.3 Å². The number of nitrogens with one attached hydrogen (secondary N) is 1. The first-order chi connectivity index (χ1) is 11.9. The Bertz CT molecular complexity index is 686. The summed E-state index contributed by atoms with van der Waals surface area (Å²) in [4.78, 5) is 12.4. The summed E-state index contributed by atoms with van der Waals surface area (Å²) in [7, 11) is -3.69. The second-order valence-electron chi connectivity index (χ2n) is 6.94. The summed E-state index contributed by atoms with van der Waals surface area (Å²) >= 11 is 0. The lowest BCUT2D eigenvalue weighted by molar-refractivity contribution is -0.122. The topological polar surface area (TPSA) is 89.3 Å². The van der Waals surface area contributed by atoms with Gasteiger partial charge < -0.3 is 5.32 Å². The normalized spacial score (nSPS) is 17.1. The van der Waals surface area contributed by atoms with Gasteiger partial charge in [0, 0.05) is 6.42 Å². The fourth-order valence-electron chi connectivity index (χ4n) is 3.45. The predicted octanol–water partition coefficient (Wildman–Crippen LogP) is 3.58. The second kappa shape index (κ2) is 9.34. The molecule has 1 amide bonds. The largest absolute Gasteiger partial charge is 0.349 e. The molecule has 1 atom stereocenters. The van der Waals surface area contributed by atoms with E-state index in [9.17, 15) is 13.2 Å². The molecule has 1 aliphatic carbocycles. The molecule has 0 aliphatic heterocycles. The summed E-state index contributed by atoms with van der Waals surface area (Å²) in [6.07, 6.45) is 10.2. The number of primary sulfonamides is 1. The lowest BCUT2D eigenvalue weighted by Crippen LogP contribution is -2.31. The highest BCUT2D eigenvalue weighted by atomic mass is 32.2. The first-order valence-corrected chi connectivity index (χ1v) is 10.9. The van der Waals surface area contributed by atoms with E-state index in [0.29, 0.717) is 6.42 Å². The third-order valence-electron chi connectivity index (χ3n) is 4.85. The zero-order valence-corrected chi connectivity index (χ0v) is 15.9. The van der Waals surface area contributed by atoms with E-state index in [-0.39, 0.29) is 16.8 Å². The van der Waals surface area contributed by atoms with E-state index in [1.165, 1.54) is 31.7 Å². The number of amides is 1. The van der Waals surface area contributed by atoms with Crippen molar-refractivity contribution in [3.8, 4) is 0 Å². The minimum atomic E-state index is -3.69. The molecule has 0 bridgehead atoms. The Morgan fingerprint density at radius 2 is 1.92 bits per heavy atom. The van der Waals surface area contributed by atoms with Gasteiger partial charge in [0.1, 0.15) is 0 Å². The average Bonchev–Trinajstić information content (AvgIpc) is 2.57. The molecule has 6 heteroatoms. The summed E-state index contributed by atoms with van der Waals surface area (Å²) in [6.45, 7) is 2.20. The van der Waals surface area contributed by atoms with Gasteiger partial charge in [-0.15, -0.1) is 0 Å². The number of hydrogen-bond donors (Lipinski definition) is 2. The fraction of sp³-hybridized carbons (Fsp3) is 0.632. The molecule has 0 heterocycles. The first kappa shape index (κ1) is 19.9. The number of sulfonamides is 1. The molecule has 1 aromatic rings. The van der Waals surface area contributed by atoms with Crippen molar-refractivity contribution in [2.45, 2.75) is 82.1 Å². The van der Waals surface area contributed by atoms with Crippen LogP contribution in [0, 0.1) is 0 Å². The van der Waals surface area contributed by atoms with Gasteiger partial charge in [-0.1, -0.05) is 45.1 Å². The maximum absolute atomic E-state index is 12.2. The molecule has 1 aromatic carbocycles. The maximum Gasteiger partial charge on any atom is 0.238 e. The van der Waals surface area contributed by atoms with Crippen LogP contribution in [0.2, 0.25) is 0 Å². The van der Waals surface area contributed by atoms with E-state index in [0.717, 1.165) is 43.2 Å². The number of nitrogens with two attached hydrogens (primary N) is 1. The molecule has 25 heavy (non-hydrogen) atoms. The SMILES string of the molecule is CCCCCCCCC(=O)NC1CCCc2cc(S(N)(=O)=O)ccc21. The standard InChI is InChI=1S/C19H30N2O3S/c1-2-3-4-5-6-7-11-19(22)21-18-10-8-9-15-14-16(25(20,23)24)12-13-17(15)18/h12-14,18H,2-11H2,1H3,(H,21,22)(H2,20,23,24). The smallest absolute Gasteiger partial charge is 0.238 e. The van der Waals surface area contributed by atoms with Gasteiger partial charge in [-0.2, -0.15) is 0 Å². The van der Waals surface area contributed by atoms with Gasteiger partial charge in [0.25, 0.3) is 0 Å². The Labute approximate surface area is 151 Å². The van der Waals surface area contributed by atoms with Crippen LogP contribution >= 0.6 is 0 Å². The Morgan fingerprint density at radius 1 is 1.20 bits per heavy atom. The molecule has 3 N–H and O–H groups in total. The van der Waals surface area contributed by atoms with Crippen LogP contribution in [-0.2, 0) is 21.2 Å². The van der Waals surface area contributed by atoms with Crippen molar-refractivity contribution in [2.24, 2.45) is 5.14 Å². The van der Waals surface area contributed by atoms with Crippen molar-refractivity contribution in [1.29, 1.82) is 0 Å². The third kappa shape index (κ3) is 6.12. The maximum atomic E-state index is 12.2. The minimum absolute atomic E-state index is 0.0223. The Kier molecular flexibility index (Phi) is 7.44. The average molecular weight is 367 g/mol. The van der Waals surface area contributed by atoms with Gasteiger partial charge in [-0.25, -0.2) is 13.6 Å². The van der Waals surface area contributed by atoms with Crippen molar-refractivity contribution < 1.29 is 13.2 Å². The number of hydrogen-bond acceptors (Lipinski definition) is 3. The second-order valence-corrected chi connectivity index (χ2v) is 8.50.